The summed E-state index contributed by atoms with van der Waals surface area (Å²) in [6.45, 7) is 9.06. The Labute approximate surface area is 241 Å². The molecule has 7 nitrogen and oxygen atoms in total. The van der Waals surface area contributed by atoms with Crippen LogP contribution in [-0.4, -0.2) is 52.5 Å². The quantitative estimate of drug-likeness (QED) is 0.287. The van der Waals surface area contributed by atoms with Crippen LogP contribution in [0, 0.1) is 46.3 Å². The summed E-state index contributed by atoms with van der Waals surface area (Å²) < 4.78 is 5.72. The molecule has 5 saturated carbocycles. The van der Waals surface area contributed by atoms with Crippen LogP contribution in [0.3, 0.4) is 0 Å². The lowest BCUT2D eigenvalue weighted by molar-refractivity contribution is -0.175. The lowest BCUT2D eigenvalue weighted by Crippen LogP contribution is -2.58. The van der Waals surface area contributed by atoms with Gasteiger partial charge in [-0.1, -0.05) is 34.1 Å². The van der Waals surface area contributed by atoms with Crippen LogP contribution < -0.4 is 11.1 Å². The van der Waals surface area contributed by atoms with E-state index in [0.29, 0.717) is 42.4 Å². The summed E-state index contributed by atoms with van der Waals surface area (Å²) in [5.74, 6) is 2.35. The van der Waals surface area contributed by atoms with Gasteiger partial charge in [-0.25, -0.2) is 0 Å². The fourth-order valence-electron chi connectivity index (χ4n) is 10.2. The summed E-state index contributed by atoms with van der Waals surface area (Å²) in [5, 5.41) is 25.1. The number of ether oxygens (including phenoxy) is 1. The van der Waals surface area contributed by atoms with Crippen LogP contribution in [-0.2, 0) is 14.3 Å². The second kappa shape index (κ2) is 11.8. The van der Waals surface area contributed by atoms with Gasteiger partial charge < -0.3 is 26.0 Å². The molecule has 0 aromatic carbocycles. The minimum atomic E-state index is -0.925. The Bertz CT molecular complexity index is 925. The number of hydrogen-bond acceptors (Lipinski definition) is 6. The second-order valence-corrected chi connectivity index (χ2v) is 15.0. The normalized spacial score (nSPS) is 43.0. The molecule has 5 aliphatic carbocycles. The lowest BCUT2D eigenvalue weighted by Gasteiger charge is -2.62. The molecule has 0 bridgehead atoms. The zero-order chi connectivity index (χ0) is 28.8. The van der Waals surface area contributed by atoms with Crippen molar-refractivity contribution in [3.63, 3.8) is 0 Å². The van der Waals surface area contributed by atoms with Crippen molar-refractivity contribution in [2.24, 2.45) is 52.1 Å². The van der Waals surface area contributed by atoms with Gasteiger partial charge >= 0.3 is 5.97 Å². The highest BCUT2D eigenvalue weighted by molar-refractivity contribution is 5.85. The smallest absolute Gasteiger partial charge is 0.306 e. The van der Waals surface area contributed by atoms with Crippen LogP contribution >= 0.6 is 0 Å². The Morgan fingerprint density at radius 1 is 1.00 bits per heavy atom. The van der Waals surface area contributed by atoms with E-state index in [1.807, 2.05) is 6.92 Å². The van der Waals surface area contributed by atoms with E-state index >= 15 is 0 Å². The third-order valence-corrected chi connectivity index (χ3v) is 12.8. The number of carbonyl (C=O) groups excluding carboxylic acids is 2. The number of esters is 1. The van der Waals surface area contributed by atoms with Gasteiger partial charge in [0, 0.05) is 12.5 Å². The second-order valence-electron chi connectivity index (χ2n) is 15.0. The molecule has 5 aliphatic rings. The molecule has 1 amide bonds. The van der Waals surface area contributed by atoms with Gasteiger partial charge in [0.15, 0.2) is 6.10 Å². The van der Waals surface area contributed by atoms with Crippen LogP contribution in [0.25, 0.3) is 0 Å². The molecule has 0 saturated heterocycles. The molecule has 0 aliphatic heterocycles. The van der Waals surface area contributed by atoms with E-state index in [4.69, 9.17) is 10.5 Å². The first-order valence-electron chi connectivity index (χ1n) is 16.6. The Hall–Kier alpha value is -1.18. The molecular weight excluding hydrogens is 504 g/mol. The molecule has 5 fully saturated rings. The Morgan fingerprint density at radius 2 is 1.75 bits per heavy atom. The van der Waals surface area contributed by atoms with Gasteiger partial charge in [-0.15, -0.1) is 0 Å². The molecule has 5 rings (SSSR count). The summed E-state index contributed by atoms with van der Waals surface area (Å²) >= 11 is 0. The van der Waals surface area contributed by atoms with Crippen molar-refractivity contribution in [2.75, 3.05) is 0 Å². The average molecular weight is 561 g/mol. The number of nitrogens with two attached hydrogens (primary N) is 1. The van der Waals surface area contributed by atoms with Crippen molar-refractivity contribution < 1.29 is 24.5 Å². The largest absolute Gasteiger partial charge is 0.451 e. The van der Waals surface area contributed by atoms with Crippen molar-refractivity contribution in [2.45, 2.75) is 148 Å². The van der Waals surface area contributed by atoms with Crippen LogP contribution in [0.4, 0.5) is 0 Å². The predicted molar refractivity (Wildman–Crippen MR) is 155 cm³/mol. The first-order valence-corrected chi connectivity index (χ1v) is 16.6. The molecule has 7 heteroatoms. The number of fused-ring (bicyclic) bond motifs is 5. The number of carbonyl (C=O) groups is 2. The monoisotopic (exact) mass is 560 g/mol. The molecule has 12 atom stereocenters. The minimum absolute atomic E-state index is 0.127. The van der Waals surface area contributed by atoms with E-state index in [-0.39, 0.29) is 53.3 Å². The number of aliphatic hydroxyl groups excluding tert-OH is 2. The van der Waals surface area contributed by atoms with Crippen molar-refractivity contribution in [3.05, 3.63) is 0 Å². The molecule has 228 valence electrons. The number of hydrogen-bond donors (Lipinski definition) is 4. The Balaban J connectivity index is 1.20. The van der Waals surface area contributed by atoms with Crippen LogP contribution in [0.15, 0.2) is 0 Å². The molecule has 0 aromatic heterocycles. The van der Waals surface area contributed by atoms with Gasteiger partial charge in [0.2, 0.25) is 0 Å². The molecule has 5 N–H and O–H groups in total. The summed E-state index contributed by atoms with van der Waals surface area (Å²) in [6, 6.07) is -0.295. The van der Waals surface area contributed by atoms with Crippen LogP contribution in [0.2, 0.25) is 0 Å². The standard InChI is InChI=1S/C33H56N2O5/c1-5-6-27(34)30(31(39)35-21-9-10-21)40-29(38)14-7-19(2)24-12-13-25-23-11-8-20-17-22(36)15-16-32(20,3)26(23)18-28(37)33(24,25)4/h19-28,30,36-37H,5-18,34H2,1-4H3,(H,35,39)/t19-,20-,22-,23?,24-,25?,26?,27?,28+,30?,32+,33-/m1/s1. The molecule has 0 spiro atoms. The zero-order valence-electron chi connectivity index (χ0n) is 25.4. The zero-order valence-corrected chi connectivity index (χ0v) is 25.4. The van der Waals surface area contributed by atoms with E-state index in [2.05, 4.69) is 26.1 Å². The Morgan fingerprint density at radius 3 is 2.45 bits per heavy atom. The molecule has 40 heavy (non-hydrogen) atoms. The third-order valence-electron chi connectivity index (χ3n) is 12.8. The summed E-state index contributed by atoms with van der Waals surface area (Å²) in [7, 11) is 0. The van der Waals surface area contributed by atoms with E-state index in [9.17, 15) is 19.8 Å². The first-order chi connectivity index (χ1) is 19.0. The van der Waals surface area contributed by atoms with Gasteiger partial charge in [0.05, 0.1) is 18.2 Å². The van der Waals surface area contributed by atoms with Gasteiger partial charge in [-0.3, -0.25) is 9.59 Å². The van der Waals surface area contributed by atoms with Gasteiger partial charge in [0.25, 0.3) is 5.91 Å². The van der Waals surface area contributed by atoms with Crippen molar-refractivity contribution in [3.8, 4) is 0 Å². The predicted octanol–water partition coefficient (Wildman–Crippen LogP) is 4.71. The number of nitrogens with one attached hydrogen (secondary N) is 1. The molecule has 0 aromatic rings. The summed E-state index contributed by atoms with van der Waals surface area (Å²) in [4.78, 5) is 25.7. The number of aliphatic hydroxyl groups is 2. The van der Waals surface area contributed by atoms with Gasteiger partial charge in [-0.05, 0) is 123 Å². The molecule has 0 heterocycles. The SMILES string of the molecule is CCCC(N)C(OC(=O)CC[C@@H](C)[C@H]1CCC2C3CC[C@@H]4C[C@H](O)CC[C@]4(C)C3C[C@H](O)[C@@]21C)C(=O)NC1CC1. The third kappa shape index (κ3) is 5.60. The highest BCUT2D eigenvalue weighted by Gasteiger charge is 2.63. The maximum atomic E-state index is 13.0. The van der Waals surface area contributed by atoms with E-state index < -0.39 is 12.1 Å². The number of rotatable bonds is 10. The van der Waals surface area contributed by atoms with E-state index in [1.165, 1.54) is 12.8 Å². The number of amides is 1. The highest BCUT2D eigenvalue weighted by atomic mass is 16.5. The topological polar surface area (TPSA) is 122 Å². The molecular formula is C33H56N2O5. The van der Waals surface area contributed by atoms with Crippen LogP contribution in [0.5, 0.6) is 0 Å². The van der Waals surface area contributed by atoms with Gasteiger partial charge in [0.1, 0.15) is 0 Å². The summed E-state index contributed by atoms with van der Waals surface area (Å²) in [6.07, 6.45) is 11.5. The van der Waals surface area contributed by atoms with Crippen molar-refractivity contribution >= 4 is 11.9 Å². The Kier molecular flexibility index (Phi) is 8.96. The molecule has 5 unspecified atom stereocenters. The average Bonchev–Trinajstić information content (AvgIpc) is 3.65. The minimum Gasteiger partial charge on any atom is -0.451 e. The fourth-order valence-corrected chi connectivity index (χ4v) is 10.2. The lowest BCUT2D eigenvalue weighted by atomic mass is 9.43. The summed E-state index contributed by atoms with van der Waals surface area (Å²) in [5.41, 5.74) is 6.38. The van der Waals surface area contributed by atoms with Gasteiger partial charge in [-0.2, -0.15) is 0 Å². The molecule has 0 radical (unpaired) electrons. The fraction of sp³-hybridized carbons (Fsp3) is 0.939. The first kappa shape index (κ1) is 30.3. The van der Waals surface area contributed by atoms with Crippen molar-refractivity contribution in [1.82, 2.24) is 5.32 Å². The van der Waals surface area contributed by atoms with Crippen LogP contribution in [0.1, 0.15) is 118 Å². The van der Waals surface area contributed by atoms with Crippen molar-refractivity contribution in [1.29, 1.82) is 0 Å². The maximum Gasteiger partial charge on any atom is 0.306 e. The van der Waals surface area contributed by atoms with E-state index in [0.717, 1.165) is 57.8 Å². The van der Waals surface area contributed by atoms with E-state index in [1.54, 1.807) is 0 Å². The maximum absolute atomic E-state index is 13.0. The highest BCUT2D eigenvalue weighted by Crippen LogP contribution is 2.68.